The number of ether oxygens (including phenoxy) is 2. The van der Waals surface area contributed by atoms with Gasteiger partial charge in [0.25, 0.3) is 0 Å². The van der Waals surface area contributed by atoms with Crippen LogP contribution in [0.25, 0.3) is 0 Å². The number of nitrogens with zero attached hydrogens (tertiary/aromatic N) is 1. The molecule has 0 atom stereocenters. The molecule has 7 heteroatoms. The van der Waals surface area contributed by atoms with E-state index in [0.29, 0.717) is 16.0 Å². The summed E-state index contributed by atoms with van der Waals surface area (Å²) in [6.45, 7) is 0. The summed E-state index contributed by atoms with van der Waals surface area (Å²) in [5, 5.41) is 11.3. The number of hydrogen-bond donors (Lipinski definition) is 0. The maximum atomic E-state index is 11.0. The van der Waals surface area contributed by atoms with E-state index in [2.05, 4.69) is 15.9 Å². The first-order valence-electron chi connectivity index (χ1n) is 5.46. The minimum atomic E-state index is -0.543. The van der Waals surface area contributed by atoms with Crippen LogP contribution < -0.4 is 9.47 Å². The van der Waals surface area contributed by atoms with E-state index >= 15 is 0 Å². The predicted molar refractivity (Wildman–Crippen MR) is 78.9 cm³/mol. The van der Waals surface area contributed by atoms with Crippen molar-refractivity contribution >= 4 is 33.2 Å². The Morgan fingerprint density at radius 2 is 1.90 bits per heavy atom. The van der Waals surface area contributed by atoms with Crippen LogP contribution in [0.4, 0.5) is 5.69 Å². The summed E-state index contributed by atoms with van der Waals surface area (Å²) in [7, 11) is 1.55. The number of hydrogen-bond acceptors (Lipinski definition) is 4. The lowest BCUT2D eigenvalue weighted by Gasteiger charge is -2.09. The maximum absolute atomic E-state index is 11.0. The molecule has 2 rings (SSSR count). The van der Waals surface area contributed by atoms with Gasteiger partial charge in [-0.25, -0.2) is 0 Å². The monoisotopic (exact) mass is 357 g/mol. The number of rotatable bonds is 4. The van der Waals surface area contributed by atoms with Crippen LogP contribution in [0.15, 0.2) is 40.9 Å². The third kappa shape index (κ3) is 3.20. The number of nitro benzene ring substituents is 1. The molecule has 0 aliphatic carbocycles. The van der Waals surface area contributed by atoms with E-state index in [1.54, 1.807) is 25.3 Å². The molecule has 0 aromatic heterocycles. The van der Waals surface area contributed by atoms with Crippen molar-refractivity contribution < 1.29 is 14.4 Å². The summed E-state index contributed by atoms with van der Waals surface area (Å²) in [5.74, 6) is 1.20. The summed E-state index contributed by atoms with van der Waals surface area (Å²) in [4.78, 5) is 10.4. The SMILES string of the molecule is COc1ccc(Oc2ccc(Cl)cc2[N+](=O)[O-])c(Br)c1. The summed E-state index contributed by atoms with van der Waals surface area (Å²) in [5.41, 5.74) is -0.194. The van der Waals surface area contributed by atoms with Gasteiger partial charge in [-0.2, -0.15) is 0 Å². The van der Waals surface area contributed by atoms with Crippen LogP contribution in [-0.2, 0) is 0 Å². The van der Waals surface area contributed by atoms with Gasteiger partial charge in [0.15, 0.2) is 0 Å². The molecule has 0 aliphatic heterocycles. The standard InChI is InChI=1S/C13H9BrClNO4/c1-19-9-3-5-12(10(14)7-9)20-13-4-2-8(15)6-11(13)16(17)18/h2-7H,1H3. The largest absolute Gasteiger partial charge is 0.497 e. The topological polar surface area (TPSA) is 61.6 Å². The molecule has 2 aromatic rings. The van der Waals surface area contributed by atoms with Gasteiger partial charge in [0, 0.05) is 11.1 Å². The van der Waals surface area contributed by atoms with Gasteiger partial charge >= 0.3 is 5.69 Å². The van der Waals surface area contributed by atoms with Gasteiger partial charge in [-0.05, 0) is 46.3 Å². The number of benzene rings is 2. The molecule has 0 amide bonds. The van der Waals surface area contributed by atoms with Gasteiger partial charge in [0.2, 0.25) is 5.75 Å². The van der Waals surface area contributed by atoms with Gasteiger partial charge in [0.05, 0.1) is 16.5 Å². The second kappa shape index (κ2) is 6.11. The molecule has 0 unspecified atom stereocenters. The second-order valence-corrected chi connectivity index (χ2v) is 5.06. The zero-order valence-corrected chi connectivity index (χ0v) is 12.6. The fourth-order valence-electron chi connectivity index (χ4n) is 1.53. The highest BCUT2D eigenvalue weighted by Gasteiger charge is 2.17. The Hall–Kier alpha value is -1.79. The molecule has 104 valence electrons. The fourth-order valence-corrected chi connectivity index (χ4v) is 2.13. The van der Waals surface area contributed by atoms with Gasteiger partial charge < -0.3 is 9.47 Å². The van der Waals surface area contributed by atoms with Crippen LogP contribution in [0.2, 0.25) is 5.02 Å². The first-order chi connectivity index (χ1) is 9.51. The summed E-state index contributed by atoms with van der Waals surface area (Å²) in [6, 6.07) is 9.28. The third-order valence-corrected chi connectivity index (χ3v) is 3.33. The van der Waals surface area contributed by atoms with Crippen LogP contribution >= 0.6 is 27.5 Å². The molecule has 0 spiro atoms. The Bertz CT molecular complexity index is 663. The lowest BCUT2D eigenvalue weighted by Crippen LogP contribution is -1.94. The van der Waals surface area contributed by atoms with E-state index in [0.717, 1.165) is 0 Å². The smallest absolute Gasteiger partial charge is 0.313 e. The molecule has 2 aromatic carbocycles. The minimum Gasteiger partial charge on any atom is -0.497 e. The van der Waals surface area contributed by atoms with Gasteiger partial charge in [-0.1, -0.05) is 11.6 Å². The number of methoxy groups -OCH3 is 1. The average Bonchev–Trinajstić information content (AvgIpc) is 2.42. The van der Waals surface area contributed by atoms with Crippen molar-refractivity contribution in [3.63, 3.8) is 0 Å². The van der Waals surface area contributed by atoms with Crippen molar-refractivity contribution in [2.24, 2.45) is 0 Å². The van der Waals surface area contributed by atoms with E-state index in [-0.39, 0.29) is 16.5 Å². The van der Waals surface area contributed by atoms with E-state index < -0.39 is 4.92 Å². The van der Waals surface area contributed by atoms with Gasteiger partial charge in [0.1, 0.15) is 11.5 Å². The Morgan fingerprint density at radius 3 is 2.50 bits per heavy atom. The lowest BCUT2D eigenvalue weighted by molar-refractivity contribution is -0.385. The van der Waals surface area contributed by atoms with Crippen LogP contribution in [0.5, 0.6) is 17.2 Å². The highest BCUT2D eigenvalue weighted by Crippen LogP contribution is 2.37. The number of nitro groups is 1. The van der Waals surface area contributed by atoms with Crippen molar-refractivity contribution in [3.8, 4) is 17.2 Å². The fraction of sp³-hybridized carbons (Fsp3) is 0.0769. The molecular formula is C13H9BrClNO4. The van der Waals surface area contributed by atoms with Gasteiger partial charge in [-0.15, -0.1) is 0 Å². The Morgan fingerprint density at radius 1 is 1.20 bits per heavy atom. The molecule has 0 saturated heterocycles. The molecular weight excluding hydrogens is 350 g/mol. The molecule has 0 saturated carbocycles. The van der Waals surface area contributed by atoms with Crippen molar-refractivity contribution in [1.29, 1.82) is 0 Å². The van der Waals surface area contributed by atoms with Crippen molar-refractivity contribution in [1.82, 2.24) is 0 Å². The lowest BCUT2D eigenvalue weighted by atomic mass is 10.3. The second-order valence-electron chi connectivity index (χ2n) is 3.77. The Balaban J connectivity index is 2.37. The zero-order chi connectivity index (χ0) is 14.7. The van der Waals surface area contributed by atoms with Crippen molar-refractivity contribution in [2.75, 3.05) is 7.11 Å². The summed E-state index contributed by atoms with van der Waals surface area (Å²) < 4.78 is 11.2. The van der Waals surface area contributed by atoms with Gasteiger partial charge in [-0.3, -0.25) is 10.1 Å². The average molecular weight is 359 g/mol. The molecule has 0 N–H and O–H groups in total. The first kappa shape index (κ1) is 14.6. The minimum absolute atomic E-state index is 0.116. The van der Waals surface area contributed by atoms with Crippen molar-refractivity contribution in [2.45, 2.75) is 0 Å². The van der Waals surface area contributed by atoms with Crippen LogP contribution in [-0.4, -0.2) is 12.0 Å². The van der Waals surface area contributed by atoms with Crippen LogP contribution in [0.3, 0.4) is 0 Å². The van der Waals surface area contributed by atoms with E-state index in [4.69, 9.17) is 21.1 Å². The third-order valence-electron chi connectivity index (χ3n) is 2.48. The molecule has 0 fully saturated rings. The molecule has 0 radical (unpaired) electrons. The first-order valence-corrected chi connectivity index (χ1v) is 6.63. The maximum Gasteiger partial charge on any atom is 0.313 e. The Labute approximate surface area is 128 Å². The van der Waals surface area contributed by atoms with E-state index in [9.17, 15) is 10.1 Å². The van der Waals surface area contributed by atoms with Crippen molar-refractivity contribution in [3.05, 3.63) is 56.0 Å². The van der Waals surface area contributed by atoms with E-state index in [1.807, 2.05) is 0 Å². The Kier molecular flexibility index (Phi) is 4.46. The van der Waals surface area contributed by atoms with Crippen LogP contribution in [0.1, 0.15) is 0 Å². The zero-order valence-electron chi connectivity index (χ0n) is 10.3. The summed E-state index contributed by atoms with van der Waals surface area (Å²) in [6.07, 6.45) is 0. The predicted octanol–water partition coefficient (Wildman–Crippen LogP) is 4.81. The molecule has 5 nitrogen and oxygen atoms in total. The molecule has 0 heterocycles. The summed E-state index contributed by atoms with van der Waals surface area (Å²) >= 11 is 9.07. The van der Waals surface area contributed by atoms with Crippen LogP contribution in [0, 0.1) is 10.1 Å². The highest BCUT2D eigenvalue weighted by atomic mass is 79.9. The molecule has 0 aliphatic rings. The number of halogens is 2. The van der Waals surface area contributed by atoms with E-state index in [1.165, 1.54) is 18.2 Å². The normalized spacial score (nSPS) is 10.2. The molecule has 20 heavy (non-hydrogen) atoms. The highest BCUT2D eigenvalue weighted by molar-refractivity contribution is 9.10. The molecule has 0 bridgehead atoms. The quantitative estimate of drug-likeness (QED) is 0.581.